The van der Waals surface area contributed by atoms with Gasteiger partial charge in [-0.05, 0) is 49.4 Å². The Bertz CT molecular complexity index is 1780. The molecular weight excluding hydrogens is 1190 g/mol. The number of aliphatic hydroxyl groups excluding tert-OH is 1. The summed E-state index contributed by atoms with van der Waals surface area (Å²) >= 11 is 0. The van der Waals surface area contributed by atoms with Crippen LogP contribution in [0, 0.1) is 23.7 Å². The van der Waals surface area contributed by atoms with Crippen LogP contribution in [0.3, 0.4) is 0 Å². The van der Waals surface area contributed by atoms with E-state index in [0.29, 0.717) is 31.6 Å². The molecule has 534 valence electrons. The van der Waals surface area contributed by atoms with Crippen LogP contribution in [0.15, 0.2) is 0 Å². The minimum Gasteiger partial charge on any atom is -0.462 e. The predicted octanol–water partition coefficient (Wildman–Crippen LogP) is 20.1. The van der Waals surface area contributed by atoms with Gasteiger partial charge in [0, 0.05) is 25.7 Å². The SMILES string of the molecule is CC(C)CCCCCCCCCCCCCCCC(=O)O[C@H](COC(=O)CCCCCCCCC(C)C)COP(=O)(O)OCC(O)COP(=O)(O)OC[C@@H](COC(=O)CCCCCCCCCCC(C)C)OC(=O)CCCCCCCCCCCCCC(C)C. The van der Waals surface area contributed by atoms with Crippen molar-refractivity contribution in [2.75, 3.05) is 39.6 Å². The van der Waals surface area contributed by atoms with Crippen LogP contribution in [0.2, 0.25) is 0 Å². The highest BCUT2D eigenvalue weighted by Gasteiger charge is 2.30. The van der Waals surface area contributed by atoms with Crippen molar-refractivity contribution in [3.05, 3.63) is 0 Å². The molecule has 0 aromatic heterocycles. The van der Waals surface area contributed by atoms with Crippen molar-refractivity contribution < 1.29 is 80.2 Å². The van der Waals surface area contributed by atoms with Crippen LogP contribution in [0.25, 0.3) is 0 Å². The lowest BCUT2D eigenvalue weighted by molar-refractivity contribution is -0.161. The van der Waals surface area contributed by atoms with E-state index in [0.717, 1.165) is 114 Å². The molecule has 0 aliphatic heterocycles. The Hall–Kier alpha value is -1.94. The summed E-state index contributed by atoms with van der Waals surface area (Å²) in [6, 6.07) is 0. The third-order valence-electron chi connectivity index (χ3n) is 16.3. The van der Waals surface area contributed by atoms with E-state index in [-0.39, 0.29) is 25.7 Å². The van der Waals surface area contributed by atoms with Gasteiger partial charge in [0.25, 0.3) is 0 Å². The van der Waals surface area contributed by atoms with E-state index in [2.05, 4.69) is 55.4 Å². The molecule has 0 aliphatic rings. The summed E-state index contributed by atoms with van der Waals surface area (Å²) in [4.78, 5) is 72.5. The molecule has 3 unspecified atom stereocenters. The van der Waals surface area contributed by atoms with Crippen molar-refractivity contribution in [2.45, 2.75) is 369 Å². The summed E-state index contributed by atoms with van der Waals surface area (Å²) < 4.78 is 68.3. The highest BCUT2D eigenvalue weighted by atomic mass is 31.2. The highest BCUT2D eigenvalue weighted by molar-refractivity contribution is 7.47. The van der Waals surface area contributed by atoms with Crippen molar-refractivity contribution in [3.8, 4) is 0 Å². The molecule has 0 aromatic rings. The molecule has 0 rings (SSSR count). The number of rotatable bonds is 68. The minimum atomic E-state index is -4.95. The number of carbonyl (C=O) groups excluding carboxylic acids is 4. The van der Waals surface area contributed by atoms with Crippen molar-refractivity contribution >= 4 is 39.5 Å². The normalized spacial score (nSPS) is 14.3. The van der Waals surface area contributed by atoms with Crippen LogP contribution < -0.4 is 0 Å². The first-order valence-corrected chi connectivity index (χ1v) is 39.7. The van der Waals surface area contributed by atoms with Crippen LogP contribution >= 0.6 is 15.6 Å². The number of unbranched alkanes of at least 4 members (excludes halogenated alkanes) is 34. The summed E-state index contributed by atoms with van der Waals surface area (Å²) in [5.74, 6) is 0.828. The van der Waals surface area contributed by atoms with Crippen LogP contribution in [-0.4, -0.2) is 96.7 Å². The maximum absolute atomic E-state index is 13.0. The Kier molecular flexibility index (Phi) is 59.4. The zero-order chi connectivity index (χ0) is 66.8. The Labute approximate surface area is 549 Å². The monoisotopic (exact) mass is 1320 g/mol. The van der Waals surface area contributed by atoms with Gasteiger partial charge in [0.2, 0.25) is 0 Å². The minimum absolute atomic E-state index is 0.105. The van der Waals surface area contributed by atoms with Gasteiger partial charge < -0.3 is 33.8 Å². The van der Waals surface area contributed by atoms with E-state index in [1.807, 2.05) is 0 Å². The van der Waals surface area contributed by atoms with Gasteiger partial charge in [0.15, 0.2) is 12.2 Å². The lowest BCUT2D eigenvalue weighted by Crippen LogP contribution is -2.30. The van der Waals surface area contributed by atoms with Crippen molar-refractivity contribution in [1.82, 2.24) is 0 Å². The molecule has 0 fully saturated rings. The molecule has 0 saturated carbocycles. The smallest absolute Gasteiger partial charge is 0.462 e. The van der Waals surface area contributed by atoms with E-state index in [1.165, 1.54) is 148 Å². The lowest BCUT2D eigenvalue weighted by Gasteiger charge is -2.21. The first kappa shape index (κ1) is 88.1. The van der Waals surface area contributed by atoms with Crippen LogP contribution in [-0.2, 0) is 65.4 Å². The fourth-order valence-corrected chi connectivity index (χ4v) is 12.2. The van der Waals surface area contributed by atoms with Gasteiger partial charge in [0.05, 0.1) is 26.4 Å². The molecule has 90 heavy (non-hydrogen) atoms. The molecule has 3 N–H and O–H groups in total. The van der Waals surface area contributed by atoms with Crippen molar-refractivity contribution in [1.29, 1.82) is 0 Å². The number of ether oxygens (including phenoxy) is 4. The van der Waals surface area contributed by atoms with E-state index in [4.69, 9.17) is 37.0 Å². The maximum atomic E-state index is 13.0. The summed E-state index contributed by atoms with van der Waals surface area (Å²) in [7, 11) is -9.90. The number of carbonyl (C=O) groups is 4. The number of phosphoric ester groups is 2. The van der Waals surface area contributed by atoms with E-state index >= 15 is 0 Å². The number of aliphatic hydroxyl groups is 1. The fourth-order valence-electron chi connectivity index (χ4n) is 10.7. The third-order valence-corrected chi connectivity index (χ3v) is 18.2. The maximum Gasteiger partial charge on any atom is 0.472 e. The van der Waals surface area contributed by atoms with E-state index in [1.54, 1.807) is 0 Å². The fraction of sp³-hybridized carbons (Fsp3) is 0.944. The molecular formula is C71H138O17P2. The Balaban J connectivity index is 5.23. The quantitative estimate of drug-likeness (QED) is 0.0222. The molecule has 5 atom stereocenters. The largest absolute Gasteiger partial charge is 0.472 e. The second-order valence-corrected chi connectivity index (χ2v) is 30.4. The van der Waals surface area contributed by atoms with Crippen molar-refractivity contribution in [2.24, 2.45) is 23.7 Å². The van der Waals surface area contributed by atoms with Crippen molar-refractivity contribution in [3.63, 3.8) is 0 Å². The molecule has 0 amide bonds. The van der Waals surface area contributed by atoms with Crippen LogP contribution in [0.4, 0.5) is 0 Å². The Morgan fingerprint density at radius 3 is 0.689 bits per heavy atom. The summed E-state index contributed by atoms with van der Waals surface area (Å²) in [6.45, 7) is 14.1. The van der Waals surface area contributed by atoms with Gasteiger partial charge >= 0.3 is 39.5 Å². The van der Waals surface area contributed by atoms with Crippen LogP contribution in [0.5, 0.6) is 0 Å². The van der Waals surface area contributed by atoms with Gasteiger partial charge in [-0.2, -0.15) is 0 Å². The molecule has 0 aromatic carbocycles. The second kappa shape index (κ2) is 60.7. The predicted molar refractivity (Wildman–Crippen MR) is 363 cm³/mol. The van der Waals surface area contributed by atoms with E-state index in [9.17, 15) is 43.2 Å². The molecule has 17 nitrogen and oxygen atoms in total. The Morgan fingerprint density at radius 2 is 0.467 bits per heavy atom. The van der Waals surface area contributed by atoms with Gasteiger partial charge in [-0.1, -0.05) is 299 Å². The summed E-state index contributed by atoms with van der Waals surface area (Å²) in [5.41, 5.74) is 0. The molecule has 0 saturated heterocycles. The average Bonchev–Trinajstić information content (AvgIpc) is 3.70. The van der Waals surface area contributed by atoms with Gasteiger partial charge in [-0.25, -0.2) is 9.13 Å². The number of hydrogen-bond donors (Lipinski definition) is 3. The molecule has 19 heteroatoms. The molecule has 0 heterocycles. The zero-order valence-electron chi connectivity index (χ0n) is 58.8. The third kappa shape index (κ3) is 64.8. The van der Waals surface area contributed by atoms with Gasteiger partial charge in [-0.15, -0.1) is 0 Å². The lowest BCUT2D eigenvalue weighted by atomic mass is 10.0. The second-order valence-electron chi connectivity index (χ2n) is 27.5. The topological polar surface area (TPSA) is 237 Å². The van der Waals surface area contributed by atoms with Gasteiger partial charge in [0.1, 0.15) is 19.3 Å². The number of esters is 4. The number of phosphoric acid groups is 2. The average molecular weight is 1330 g/mol. The highest BCUT2D eigenvalue weighted by Crippen LogP contribution is 2.45. The summed E-state index contributed by atoms with van der Waals surface area (Å²) in [6.07, 6.45) is 43.2. The first-order valence-electron chi connectivity index (χ1n) is 36.7. The van der Waals surface area contributed by atoms with E-state index < -0.39 is 97.5 Å². The zero-order valence-corrected chi connectivity index (χ0v) is 60.6. The van der Waals surface area contributed by atoms with Gasteiger partial charge in [-0.3, -0.25) is 37.3 Å². The molecule has 0 radical (unpaired) electrons. The number of hydrogen-bond acceptors (Lipinski definition) is 15. The Morgan fingerprint density at radius 1 is 0.278 bits per heavy atom. The molecule has 0 spiro atoms. The van der Waals surface area contributed by atoms with Crippen LogP contribution in [0.1, 0.15) is 351 Å². The molecule has 0 bridgehead atoms. The standard InChI is InChI=1S/C71H138O17P2/c1-61(2)47-39-31-23-17-13-10-9-11-15-19-27-37-45-53-70(75)88-67(58-82-69(74)52-44-36-30-29-34-42-50-64(7)8)60-86-90(79,80)84-56-65(72)55-83-89(77,78)85-59-66(57-81-68(73)51-43-35-26-22-21-25-33-41-49-63(5)6)87-71(76)54-46-38-28-20-16-12-14-18-24-32-40-48-62(3)4/h61-67,72H,9-60H2,1-8H3,(H,77,78)(H,79,80)/t65?,66-,67-/m1/s1. The summed E-state index contributed by atoms with van der Waals surface area (Å²) in [5, 5.41) is 10.6. The molecule has 0 aliphatic carbocycles. The first-order chi connectivity index (χ1) is 43.1.